The van der Waals surface area contributed by atoms with Crippen LogP contribution in [0.1, 0.15) is 37.8 Å². The Labute approximate surface area is 151 Å². The Balaban J connectivity index is 1.56. The molecule has 2 aromatic rings. The summed E-state index contributed by atoms with van der Waals surface area (Å²) < 4.78 is 5.91. The molecule has 8 heteroatoms. The van der Waals surface area contributed by atoms with Gasteiger partial charge in [0, 0.05) is 24.2 Å². The SMILES string of the molecule is N=C(N)c1cnc(-c2ccc(OC3CCC(CC(=O)O)CC3)nc2)cn1. The molecular weight excluding hydrogens is 334 g/mol. The zero-order chi connectivity index (χ0) is 18.5. The van der Waals surface area contributed by atoms with Crippen molar-refractivity contribution in [1.29, 1.82) is 5.41 Å². The third kappa shape index (κ3) is 4.53. The molecule has 0 unspecified atom stereocenters. The number of ether oxygens (including phenoxy) is 1. The smallest absolute Gasteiger partial charge is 0.303 e. The van der Waals surface area contributed by atoms with Gasteiger partial charge in [0.25, 0.3) is 0 Å². The van der Waals surface area contributed by atoms with E-state index in [0.717, 1.165) is 31.2 Å². The molecule has 0 aliphatic heterocycles. The Kier molecular flexibility index (Phi) is 5.40. The Bertz CT molecular complexity index is 768. The maximum absolute atomic E-state index is 10.8. The second-order valence-corrected chi connectivity index (χ2v) is 6.44. The molecule has 0 saturated heterocycles. The number of nitrogens with two attached hydrogens (primary N) is 1. The van der Waals surface area contributed by atoms with E-state index in [1.165, 1.54) is 6.20 Å². The van der Waals surface area contributed by atoms with E-state index in [2.05, 4.69) is 15.0 Å². The topological polar surface area (TPSA) is 135 Å². The van der Waals surface area contributed by atoms with Crippen molar-refractivity contribution in [2.45, 2.75) is 38.2 Å². The van der Waals surface area contributed by atoms with Crippen molar-refractivity contribution in [2.24, 2.45) is 11.7 Å². The molecule has 0 radical (unpaired) electrons. The minimum absolute atomic E-state index is 0.0769. The van der Waals surface area contributed by atoms with E-state index < -0.39 is 5.97 Å². The maximum atomic E-state index is 10.8. The van der Waals surface area contributed by atoms with Gasteiger partial charge >= 0.3 is 5.97 Å². The lowest BCUT2D eigenvalue weighted by Gasteiger charge is -2.27. The van der Waals surface area contributed by atoms with Gasteiger partial charge in [-0.1, -0.05) is 0 Å². The van der Waals surface area contributed by atoms with Crippen molar-refractivity contribution in [2.75, 3.05) is 0 Å². The van der Waals surface area contributed by atoms with Crippen molar-refractivity contribution in [1.82, 2.24) is 15.0 Å². The second kappa shape index (κ2) is 7.90. The third-order valence-electron chi connectivity index (χ3n) is 4.50. The average Bonchev–Trinajstić information content (AvgIpc) is 2.64. The molecule has 26 heavy (non-hydrogen) atoms. The summed E-state index contributed by atoms with van der Waals surface area (Å²) in [5, 5.41) is 16.2. The summed E-state index contributed by atoms with van der Waals surface area (Å²) in [4.78, 5) is 23.4. The van der Waals surface area contributed by atoms with Crippen molar-refractivity contribution in [3.05, 3.63) is 36.4 Å². The summed E-state index contributed by atoms with van der Waals surface area (Å²) in [5.74, 6) is -0.0574. The van der Waals surface area contributed by atoms with Gasteiger partial charge in [-0.15, -0.1) is 0 Å². The monoisotopic (exact) mass is 355 g/mol. The number of carboxylic acid groups (broad SMARTS) is 1. The lowest BCUT2D eigenvalue weighted by atomic mass is 9.85. The molecule has 0 spiro atoms. The predicted octanol–water partition coefficient (Wildman–Crippen LogP) is 2.23. The number of aliphatic carboxylic acids is 1. The molecule has 136 valence electrons. The Morgan fingerprint density at radius 2 is 1.92 bits per heavy atom. The van der Waals surface area contributed by atoms with Crippen LogP contribution in [-0.4, -0.2) is 38.0 Å². The molecule has 1 aliphatic carbocycles. The predicted molar refractivity (Wildman–Crippen MR) is 94.9 cm³/mol. The number of nitrogens with zero attached hydrogens (tertiary/aromatic N) is 3. The number of nitrogen functional groups attached to an aromatic ring is 1. The van der Waals surface area contributed by atoms with Crippen molar-refractivity contribution in [3.63, 3.8) is 0 Å². The van der Waals surface area contributed by atoms with E-state index >= 15 is 0 Å². The summed E-state index contributed by atoms with van der Waals surface area (Å²) >= 11 is 0. The highest BCUT2D eigenvalue weighted by atomic mass is 16.5. The van der Waals surface area contributed by atoms with Gasteiger partial charge < -0.3 is 15.6 Å². The summed E-state index contributed by atoms with van der Waals surface area (Å²) in [7, 11) is 0. The molecule has 4 N–H and O–H groups in total. The molecule has 0 bridgehead atoms. The molecule has 2 aromatic heterocycles. The number of hydrogen-bond donors (Lipinski definition) is 3. The van der Waals surface area contributed by atoms with E-state index in [9.17, 15) is 4.79 Å². The molecule has 1 aliphatic rings. The lowest BCUT2D eigenvalue weighted by molar-refractivity contribution is -0.138. The van der Waals surface area contributed by atoms with Gasteiger partial charge in [0.2, 0.25) is 5.88 Å². The van der Waals surface area contributed by atoms with Crippen LogP contribution in [0, 0.1) is 11.3 Å². The van der Waals surface area contributed by atoms with Gasteiger partial charge in [-0.25, -0.2) is 9.97 Å². The van der Waals surface area contributed by atoms with E-state index in [-0.39, 0.29) is 24.3 Å². The Morgan fingerprint density at radius 3 is 2.46 bits per heavy atom. The normalized spacial score (nSPS) is 19.7. The number of rotatable bonds is 6. The van der Waals surface area contributed by atoms with Crippen LogP contribution >= 0.6 is 0 Å². The van der Waals surface area contributed by atoms with Crippen LogP contribution in [0.25, 0.3) is 11.3 Å². The highest BCUT2D eigenvalue weighted by Crippen LogP contribution is 2.29. The number of amidine groups is 1. The lowest BCUT2D eigenvalue weighted by Crippen LogP contribution is -2.25. The van der Waals surface area contributed by atoms with E-state index in [0.29, 0.717) is 17.3 Å². The number of hydrogen-bond acceptors (Lipinski definition) is 6. The molecule has 0 aromatic carbocycles. The molecule has 0 amide bonds. The minimum atomic E-state index is -0.731. The molecule has 1 fully saturated rings. The van der Waals surface area contributed by atoms with Gasteiger partial charge in [-0.2, -0.15) is 0 Å². The highest BCUT2D eigenvalue weighted by molar-refractivity contribution is 5.92. The van der Waals surface area contributed by atoms with Crippen LogP contribution in [0.2, 0.25) is 0 Å². The summed E-state index contributed by atoms with van der Waals surface area (Å²) in [6.07, 6.45) is 8.42. The van der Waals surface area contributed by atoms with Crippen molar-refractivity contribution < 1.29 is 14.6 Å². The highest BCUT2D eigenvalue weighted by Gasteiger charge is 2.24. The summed E-state index contributed by atoms with van der Waals surface area (Å²) in [5.41, 5.74) is 7.14. The van der Waals surface area contributed by atoms with Crippen molar-refractivity contribution >= 4 is 11.8 Å². The summed E-state index contributed by atoms with van der Waals surface area (Å²) in [6.45, 7) is 0. The molecular formula is C18H21N5O3. The first-order valence-corrected chi connectivity index (χ1v) is 8.52. The zero-order valence-corrected chi connectivity index (χ0v) is 14.3. The molecule has 2 heterocycles. The first-order chi connectivity index (χ1) is 12.5. The molecule has 8 nitrogen and oxygen atoms in total. The minimum Gasteiger partial charge on any atom is -0.481 e. The maximum Gasteiger partial charge on any atom is 0.303 e. The zero-order valence-electron chi connectivity index (χ0n) is 14.3. The number of nitrogens with one attached hydrogen (secondary N) is 1. The first kappa shape index (κ1) is 17.8. The Hall–Kier alpha value is -3.03. The van der Waals surface area contributed by atoms with E-state index in [1.807, 2.05) is 6.07 Å². The molecule has 0 atom stereocenters. The third-order valence-corrected chi connectivity index (χ3v) is 4.50. The van der Waals surface area contributed by atoms with Gasteiger partial charge in [0.05, 0.1) is 18.1 Å². The standard InChI is InChI=1S/C18H21N5O3/c19-18(20)15-10-21-14(9-22-15)12-3-6-16(23-8-12)26-13-4-1-11(2-5-13)7-17(24)25/h3,6,8-11,13H,1-2,4-5,7H2,(H3,19,20)(H,24,25). The quantitative estimate of drug-likeness (QED) is 0.534. The van der Waals surface area contributed by atoms with Gasteiger partial charge in [-0.3, -0.25) is 15.2 Å². The summed E-state index contributed by atoms with van der Waals surface area (Å²) in [6, 6.07) is 3.65. The van der Waals surface area contributed by atoms with Crippen LogP contribution in [0.15, 0.2) is 30.7 Å². The van der Waals surface area contributed by atoms with Gasteiger partial charge in [0.15, 0.2) is 0 Å². The number of aromatic nitrogens is 3. The van der Waals surface area contributed by atoms with Gasteiger partial charge in [-0.05, 0) is 37.7 Å². The number of carbonyl (C=O) groups is 1. The average molecular weight is 355 g/mol. The largest absolute Gasteiger partial charge is 0.481 e. The number of carboxylic acids is 1. The fourth-order valence-electron chi connectivity index (χ4n) is 3.09. The van der Waals surface area contributed by atoms with Crippen molar-refractivity contribution in [3.8, 4) is 17.1 Å². The van der Waals surface area contributed by atoms with Gasteiger partial charge in [0.1, 0.15) is 17.6 Å². The van der Waals surface area contributed by atoms with Crippen LogP contribution in [-0.2, 0) is 4.79 Å². The van der Waals surface area contributed by atoms with E-state index in [1.54, 1.807) is 18.5 Å². The van der Waals surface area contributed by atoms with Crippen LogP contribution in [0.3, 0.4) is 0 Å². The Morgan fingerprint density at radius 1 is 1.15 bits per heavy atom. The first-order valence-electron chi connectivity index (χ1n) is 8.52. The molecule has 1 saturated carbocycles. The fraction of sp³-hybridized carbons (Fsp3) is 0.389. The fourth-order valence-corrected chi connectivity index (χ4v) is 3.09. The van der Waals surface area contributed by atoms with Crippen LogP contribution in [0.4, 0.5) is 0 Å². The molecule has 3 rings (SSSR count). The number of pyridine rings is 1. The van der Waals surface area contributed by atoms with Crippen LogP contribution < -0.4 is 10.5 Å². The second-order valence-electron chi connectivity index (χ2n) is 6.44. The van der Waals surface area contributed by atoms with E-state index in [4.69, 9.17) is 21.0 Å². The van der Waals surface area contributed by atoms with Crippen LogP contribution in [0.5, 0.6) is 5.88 Å².